The summed E-state index contributed by atoms with van der Waals surface area (Å²) >= 11 is 1.57. The molecule has 1 atom stereocenters. The van der Waals surface area contributed by atoms with Crippen LogP contribution in [0.1, 0.15) is 49.4 Å². The SMILES string of the molecule is Cc1cc(C)nc(N[C@H](c2cccnc2)c2c(NC(=O)c3ccccc3)sc(C)c2C)n1. The average molecular weight is 444 g/mol. The molecule has 162 valence electrons. The van der Waals surface area contributed by atoms with Crippen LogP contribution in [0, 0.1) is 27.7 Å². The molecule has 0 spiro atoms. The Balaban J connectivity index is 1.78. The Morgan fingerprint density at radius 2 is 1.69 bits per heavy atom. The second kappa shape index (κ2) is 9.28. The summed E-state index contributed by atoms with van der Waals surface area (Å²) in [7, 11) is 0. The summed E-state index contributed by atoms with van der Waals surface area (Å²) in [4.78, 5) is 27.5. The van der Waals surface area contributed by atoms with Crippen molar-refractivity contribution in [3.05, 3.63) is 99.4 Å². The molecule has 0 aliphatic carbocycles. The summed E-state index contributed by atoms with van der Waals surface area (Å²) in [5.74, 6) is 0.403. The first-order valence-electron chi connectivity index (χ1n) is 10.4. The molecule has 0 unspecified atom stereocenters. The summed E-state index contributed by atoms with van der Waals surface area (Å²) in [6.45, 7) is 8.04. The molecule has 0 aliphatic rings. The minimum atomic E-state index is -0.277. The van der Waals surface area contributed by atoms with Gasteiger partial charge in [-0.1, -0.05) is 24.3 Å². The Morgan fingerprint density at radius 1 is 0.969 bits per heavy atom. The topological polar surface area (TPSA) is 79.8 Å². The predicted molar refractivity (Wildman–Crippen MR) is 129 cm³/mol. The molecule has 0 fully saturated rings. The minimum Gasteiger partial charge on any atom is -0.343 e. The van der Waals surface area contributed by atoms with E-state index < -0.39 is 0 Å². The summed E-state index contributed by atoms with van der Waals surface area (Å²) in [5, 5.41) is 7.42. The van der Waals surface area contributed by atoms with Crippen LogP contribution in [0.15, 0.2) is 60.9 Å². The van der Waals surface area contributed by atoms with Crippen molar-refractivity contribution in [3.63, 3.8) is 0 Å². The maximum Gasteiger partial charge on any atom is 0.256 e. The molecule has 4 aromatic rings. The van der Waals surface area contributed by atoms with E-state index in [9.17, 15) is 4.79 Å². The number of aromatic nitrogens is 3. The lowest BCUT2D eigenvalue weighted by molar-refractivity contribution is 0.102. The first-order valence-corrected chi connectivity index (χ1v) is 11.2. The predicted octanol–water partition coefficient (Wildman–Crippen LogP) is 5.62. The molecule has 2 N–H and O–H groups in total. The van der Waals surface area contributed by atoms with Crippen molar-refractivity contribution < 1.29 is 4.79 Å². The molecule has 1 aromatic carbocycles. The number of benzene rings is 1. The largest absolute Gasteiger partial charge is 0.343 e. The van der Waals surface area contributed by atoms with E-state index in [1.807, 2.05) is 68.6 Å². The molecular weight excluding hydrogens is 418 g/mol. The summed E-state index contributed by atoms with van der Waals surface area (Å²) in [6.07, 6.45) is 3.58. The molecule has 6 nitrogen and oxygen atoms in total. The standard InChI is InChI=1S/C25H25N5OS/c1-15-13-16(2)28-25(27-15)29-22(20-11-8-12-26-14-20)21-17(3)18(4)32-24(21)30-23(31)19-9-6-5-7-10-19/h5-14,22H,1-4H3,(H,30,31)(H,27,28,29)/t22-/m1/s1. The van der Waals surface area contributed by atoms with Gasteiger partial charge in [-0.15, -0.1) is 11.3 Å². The lowest BCUT2D eigenvalue weighted by atomic mass is 9.97. The number of amides is 1. The second-order valence-corrected chi connectivity index (χ2v) is 8.91. The van der Waals surface area contributed by atoms with Crippen LogP contribution in [0.25, 0.3) is 0 Å². The molecule has 4 rings (SSSR count). The normalized spacial score (nSPS) is 11.8. The zero-order valence-corrected chi connectivity index (χ0v) is 19.3. The van der Waals surface area contributed by atoms with Gasteiger partial charge >= 0.3 is 0 Å². The van der Waals surface area contributed by atoms with Crippen LogP contribution in [0.2, 0.25) is 0 Å². The Bertz CT molecular complexity index is 1220. The number of aryl methyl sites for hydroxylation is 3. The van der Waals surface area contributed by atoms with Crippen molar-refractivity contribution in [2.45, 2.75) is 33.7 Å². The number of carbonyl (C=O) groups is 1. The van der Waals surface area contributed by atoms with E-state index in [0.29, 0.717) is 11.5 Å². The molecule has 0 saturated carbocycles. The van der Waals surface area contributed by atoms with Gasteiger partial charge in [-0.2, -0.15) is 0 Å². The third-order valence-corrected chi connectivity index (χ3v) is 6.40. The van der Waals surface area contributed by atoms with E-state index in [2.05, 4.69) is 39.4 Å². The molecular formula is C25H25N5OS. The van der Waals surface area contributed by atoms with Gasteiger partial charge in [-0.25, -0.2) is 9.97 Å². The van der Waals surface area contributed by atoms with Gasteiger partial charge in [0.2, 0.25) is 5.95 Å². The van der Waals surface area contributed by atoms with Gasteiger partial charge in [-0.3, -0.25) is 9.78 Å². The summed E-state index contributed by atoms with van der Waals surface area (Å²) in [5.41, 5.74) is 5.47. The van der Waals surface area contributed by atoms with Gasteiger partial charge in [0.1, 0.15) is 5.00 Å². The van der Waals surface area contributed by atoms with Crippen LogP contribution in [0.5, 0.6) is 0 Å². The van der Waals surface area contributed by atoms with Crippen molar-refractivity contribution in [1.29, 1.82) is 0 Å². The van der Waals surface area contributed by atoms with E-state index in [1.54, 1.807) is 17.5 Å². The number of carbonyl (C=O) groups excluding carboxylic acids is 1. The Kier molecular flexibility index (Phi) is 6.28. The lowest BCUT2D eigenvalue weighted by Crippen LogP contribution is -2.19. The van der Waals surface area contributed by atoms with E-state index in [0.717, 1.165) is 38.0 Å². The van der Waals surface area contributed by atoms with Gasteiger partial charge in [0.05, 0.1) is 6.04 Å². The quantitative estimate of drug-likeness (QED) is 0.404. The van der Waals surface area contributed by atoms with Gasteiger partial charge in [0, 0.05) is 39.8 Å². The molecule has 0 aliphatic heterocycles. The highest BCUT2D eigenvalue weighted by Gasteiger charge is 2.26. The molecule has 0 saturated heterocycles. The van der Waals surface area contributed by atoms with Crippen LogP contribution in [-0.2, 0) is 0 Å². The van der Waals surface area contributed by atoms with E-state index >= 15 is 0 Å². The lowest BCUT2D eigenvalue weighted by Gasteiger charge is -2.22. The minimum absolute atomic E-state index is 0.138. The zero-order chi connectivity index (χ0) is 22.7. The smallest absolute Gasteiger partial charge is 0.256 e. The number of nitrogens with zero attached hydrogens (tertiary/aromatic N) is 3. The number of hydrogen-bond acceptors (Lipinski definition) is 6. The van der Waals surface area contributed by atoms with Gasteiger partial charge < -0.3 is 10.6 Å². The highest BCUT2D eigenvalue weighted by atomic mass is 32.1. The number of thiophene rings is 1. The third-order valence-electron chi connectivity index (χ3n) is 5.26. The number of rotatable bonds is 6. The van der Waals surface area contributed by atoms with Crippen molar-refractivity contribution in [2.24, 2.45) is 0 Å². The van der Waals surface area contributed by atoms with E-state index in [4.69, 9.17) is 0 Å². The molecule has 7 heteroatoms. The van der Waals surface area contributed by atoms with Crippen LogP contribution < -0.4 is 10.6 Å². The Morgan fingerprint density at radius 3 is 2.34 bits per heavy atom. The van der Waals surface area contributed by atoms with Crippen molar-refractivity contribution >= 4 is 28.2 Å². The van der Waals surface area contributed by atoms with Crippen LogP contribution in [0.3, 0.4) is 0 Å². The molecule has 32 heavy (non-hydrogen) atoms. The van der Waals surface area contributed by atoms with Gasteiger partial charge in [0.25, 0.3) is 5.91 Å². The third kappa shape index (κ3) is 4.68. The second-order valence-electron chi connectivity index (χ2n) is 7.68. The van der Waals surface area contributed by atoms with Crippen LogP contribution in [-0.4, -0.2) is 20.9 Å². The number of anilines is 2. The maximum atomic E-state index is 12.9. The van der Waals surface area contributed by atoms with Gasteiger partial charge in [-0.05, 0) is 63.1 Å². The fourth-order valence-corrected chi connectivity index (χ4v) is 4.73. The van der Waals surface area contributed by atoms with E-state index in [-0.39, 0.29) is 11.9 Å². The van der Waals surface area contributed by atoms with Crippen molar-refractivity contribution in [3.8, 4) is 0 Å². The fourth-order valence-electron chi connectivity index (χ4n) is 3.64. The van der Waals surface area contributed by atoms with E-state index in [1.165, 1.54) is 0 Å². The Labute approximate surface area is 191 Å². The summed E-state index contributed by atoms with van der Waals surface area (Å²) in [6, 6.07) is 14.8. The number of pyridine rings is 1. The van der Waals surface area contributed by atoms with Crippen molar-refractivity contribution in [1.82, 2.24) is 15.0 Å². The van der Waals surface area contributed by atoms with Gasteiger partial charge in [0.15, 0.2) is 0 Å². The number of nitrogens with one attached hydrogen (secondary N) is 2. The monoisotopic (exact) mass is 443 g/mol. The summed E-state index contributed by atoms with van der Waals surface area (Å²) < 4.78 is 0. The highest BCUT2D eigenvalue weighted by Crippen LogP contribution is 2.40. The molecule has 3 heterocycles. The maximum absolute atomic E-state index is 12.9. The first-order chi connectivity index (χ1) is 15.4. The van der Waals surface area contributed by atoms with Crippen molar-refractivity contribution in [2.75, 3.05) is 10.6 Å². The van der Waals surface area contributed by atoms with Crippen LogP contribution in [0.4, 0.5) is 10.9 Å². The highest BCUT2D eigenvalue weighted by molar-refractivity contribution is 7.16. The Hall–Kier alpha value is -3.58. The fraction of sp³-hybridized carbons (Fsp3) is 0.200. The molecule has 0 bridgehead atoms. The molecule has 3 aromatic heterocycles. The molecule has 0 radical (unpaired) electrons. The molecule has 1 amide bonds. The number of hydrogen-bond donors (Lipinski definition) is 2. The first kappa shape index (κ1) is 21.6. The zero-order valence-electron chi connectivity index (χ0n) is 18.5. The van der Waals surface area contributed by atoms with Crippen LogP contribution >= 0.6 is 11.3 Å². The average Bonchev–Trinajstić information content (AvgIpc) is 3.05.